The standard InChI is InChI=1S/C34H42N2O6S/c1-9-34(36(39)40,31(37)41-29-27(22(2)3)16-13-17-28(29)23(4)5)30(35-32(38)42-33(6,7)8)24-18-20-26(21-19-24)43-25-14-11-10-12-15-25/h10-23,30H,9H2,1-8H3,(H,35,38)/t30-,34+/m1/s1. The van der Waals surface area contributed by atoms with Crippen LogP contribution in [0.1, 0.15) is 96.4 Å². The van der Waals surface area contributed by atoms with Crippen LogP contribution in [-0.2, 0) is 9.53 Å². The van der Waals surface area contributed by atoms with E-state index in [0.717, 1.165) is 20.9 Å². The number of nitrogens with zero attached hydrogens (tertiary/aromatic N) is 1. The van der Waals surface area contributed by atoms with Crippen LogP contribution in [0.5, 0.6) is 5.75 Å². The Morgan fingerprint density at radius 3 is 1.86 bits per heavy atom. The van der Waals surface area contributed by atoms with Gasteiger partial charge >= 0.3 is 17.6 Å². The Hall–Kier alpha value is -3.85. The Balaban J connectivity index is 2.12. The zero-order chi connectivity index (χ0) is 31.9. The van der Waals surface area contributed by atoms with E-state index in [1.54, 1.807) is 39.8 Å². The van der Waals surface area contributed by atoms with Crippen LogP contribution in [0.25, 0.3) is 0 Å². The Labute approximate surface area is 258 Å². The maximum atomic E-state index is 14.2. The Bertz CT molecular complexity index is 1390. The number of nitrogens with one attached hydrogen (secondary N) is 1. The van der Waals surface area contributed by atoms with E-state index in [4.69, 9.17) is 9.47 Å². The molecule has 8 nitrogen and oxygen atoms in total. The number of carbonyl (C=O) groups excluding carboxylic acids is 2. The van der Waals surface area contributed by atoms with Crippen molar-refractivity contribution in [1.82, 2.24) is 5.32 Å². The predicted octanol–water partition coefficient (Wildman–Crippen LogP) is 8.68. The summed E-state index contributed by atoms with van der Waals surface area (Å²) in [5, 5.41) is 15.7. The minimum Gasteiger partial charge on any atom is -0.444 e. The highest BCUT2D eigenvalue weighted by Gasteiger charge is 2.59. The number of alkyl carbamates (subject to hydrolysis) is 1. The summed E-state index contributed by atoms with van der Waals surface area (Å²) in [6.45, 7) is 14.5. The Morgan fingerprint density at radius 2 is 1.40 bits per heavy atom. The number of esters is 1. The van der Waals surface area contributed by atoms with Crippen LogP contribution >= 0.6 is 11.8 Å². The van der Waals surface area contributed by atoms with Gasteiger partial charge in [0.05, 0.1) is 0 Å². The van der Waals surface area contributed by atoms with Crippen molar-refractivity contribution in [2.45, 2.75) is 101 Å². The highest BCUT2D eigenvalue weighted by Crippen LogP contribution is 2.39. The zero-order valence-electron chi connectivity index (χ0n) is 26.2. The molecule has 230 valence electrons. The van der Waals surface area contributed by atoms with E-state index >= 15 is 0 Å². The third kappa shape index (κ3) is 8.16. The molecular formula is C34H42N2O6S. The largest absolute Gasteiger partial charge is 0.444 e. The predicted molar refractivity (Wildman–Crippen MR) is 169 cm³/mol. The quantitative estimate of drug-likeness (QED) is 0.101. The van der Waals surface area contributed by atoms with Crippen LogP contribution in [0, 0.1) is 10.1 Å². The van der Waals surface area contributed by atoms with E-state index in [2.05, 4.69) is 5.32 Å². The molecule has 0 heterocycles. The summed E-state index contributed by atoms with van der Waals surface area (Å²) in [7, 11) is 0. The second kappa shape index (κ2) is 14.1. The van der Waals surface area contributed by atoms with Crippen molar-refractivity contribution in [1.29, 1.82) is 0 Å². The third-order valence-corrected chi connectivity index (χ3v) is 8.08. The van der Waals surface area contributed by atoms with Gasteiger partial charge in [-0.1, -0.05) is 94.9 Å². The molecule has 3 aromatic rings. The summed E-state index contributed by atoms with van der Waals surface area (Å²) >= 11 is 1.53. The van der Waals surface area contributed by atoms with Gasteiger partial charge in [0.15, 0.2) is 0 Å². The number of ether oxygens (including phenoxy) is 2. The highest BCUT2D eigenvalue weighted by atomic mass is 32.2. The number of para-hydroxylation sites is 1. The second-order valence-corrected chi connectivity index (χ2v) is 13.2. The molecule has 0 spiro atoms. The molecule has 0 bridgehead atoms. The van der Waals surface area contributed by atoms with Crippen molar-refractivity contribution in [3.05, 3.63) is 99.6 Å². The number of benzene rings is 3. The number of carbonyl (C=O) groups is 2. The minimum absolute atomic E-state index is 0.00141. The Kier molecular flexibility index (Phi) is 11.0. The topological polar surface area (TPSA) is 108 Å². The molecule has 3 aromatic carbocycles. The average Bonchev–Trinajstić information content (AvgIpc) is 2.93. The number of nitro groups is 1. The van der Waals surface area contributed by atoms with E-state index in [9.17, 15) is 19.7 Å². The molecule has 0 saturated heterocycles. The molecule has 0 radical (unpaired) electrons. The molecule has 0 aliphatic rings. The average molecular weight is 607 g/mol. The molecule has 0 fully saturated rings. The third-order valence-electron chi connectivity index (χ3n) is 7.06. The number of hydrogen-bond donors (Lipinski definition) is 1. The smallest absolute Gasteiger partial charge is 0.408 e. The fourth-order valence-electron chi connectivity index (χ4n) is 4.81. The molecule has 0 aromatic heterocycles. The van der Waals surface area contributed by atoms with Gasteiger partial charge in [0.25, 0.3) is 0 Å². The summed E-state index contributed by atoms with van der Waals surface area (Å²) in [6.07, 6.45) is -1.13. The van der Waals surface area contributed by atoms with Crippen molar-refractivity contribution in [2.75, 3.05) is 0 Å². The summed E-state index contributed by atoms with van der Waals surface area (Å²) in [6, 6.07) is 21.0. The van der Waals surface area contributed by atoms with E-state index in [0.29, 0.717) is 11.3 Å². The summed E-state index contributed by atoms with van der Waals surface area (Å²) < 4.78 is 11.5. The lowest BCUT2D eigenvalue weighted by Crippen LogP contribution is -2.58. The highest BCUT2D eigenvalue weighted by molar-refractivity contribution is 7.99. The maximum absolute atomic E-state index is 14.2. The van der Waals surface area contributed by atoms with Crippen molar-refractivity contribution in [2.24, 2.45) is 0 Å². The molecule has 0 saturated carbocycles. The number of rotatable bonds is 11. The number of amides is 1. The minimum atomic E-state index is -2.36. The van der Waals surface area contributed by atoms with Gasteiger partial charge in [-0.05, 0) is 73.6 Å². The van der Waals surface area contributed by atoms with Crippen LogP contribution in [0.3, 0.4) is 0 Å². The first-order valence-corrected chi connectivity index (χ1v) is 15.3. The molecule has 1 amide bonds. The second-order valence-electron chi connectivity index (χ2n) is 12.1. The van der Waals surface area contributed by atoms with Gasteiger partial charge in [0.1, 0.15) is 17.4 Å². The van der Waals surface area contributed by atoms with E-state index in [1.807, 2.05) is 88.4 Å². The first kappa shape index (κ1) is 33.6. The monoisotopic (exact) mass is 606 g/mol. The van der Waals surface area contributed by atoms with Crippen molar-refractivity contribution in [3.63, 3.8) is 0 Å². The van der Waals surface area contributed by atoms with Crippen LogP contribution < -0.4 is 10.1 Å². The fourth-order valence-corrected chi connectivity index (χ4v) is 5.65. The van der Waals surface area contributed by atoms with Crippen LogP contribution in [0.2, 0.25) is 0 Å². The normalized spacial score (nSPS) is 13.7. The van der Waals surface area contributed by atoms with Gasteiger partial charge in [-0.25, -0.2) is 9.59 Å². The lowest BCUT2D eigenvalue weighted by molar-refractivity contribution is -0.561. The first-order chi connectivity index (χ1) is 20.2. The first-order valence-electron chi connectivity index (χ1n) is 14.5. The molecule has 0 aliphatic carbocycles. The van der Waals surface area contributed by atoms with E-state index in [-0.39, 0.29) is 18.3 Å². The van der Waals surface area contributed by atoms with Crippen molar-refractivity contribution in [3.8, 4) is 5.75 Å². The molecule has 2 atom stereocenters. The fraction of sp³-hybridized carbons (Fsp3) is 0.412. The van der Waals surface area contributed by atoms with Gasteiger partial charge in [0, 0.05) is 21.1 Å². The molecule has 43 heavy (non-hydrogen) atoms. The summed E-state index contributed by atoms with van der Waals surface area (Å²) in [4.78, 5) is 41.6. The summed E-state index contributed by atoms with van der Waals surface area (Å²) in [5.74, 6) is -0.737. The van der Waals surface area contributed by atoms with E-state index in [1.165, 1.54) is 11.8 Å². The van der Waals surface area contributed by atoms with Crippen LogP contribution in [0.4, 0.5) is 4.79 Å². The molecule has 3 rings (SSSR count). The molecular weight excluding hydrogens is 564 g/mol. The maximum Gasteiger partial charge on any atom is 0.408 e. The van der Waals surface area contributed by atoms with Crippen molar-refractivity contribution < 1.29 is 24.0 Å². The Morgan fingerprint density at radius 1 is 0.860 bits per heavy atom. The molecule has 9 heteroatoms. The van der Waals surface area contributed by atoms with Gasteiger partial charge in [-0.15, -0.1) is 0 Å². The molecule has 0 aliphatic heterocycles. The summed E-state index contributed by atoms with van der Waals surface area (Å²) in [5.41, 5.74) is -1.31. The van der Waals surface area contributed by atoms with Crippen molar-refractivity contribution >= 4 is 23.8 Å². The van der Waals surface area contributed by atoms with Gasteiger partial charge < -0.3 is 14.8 Å². The zero-order valence-corrected chi connectivity index (χ0v) is 27.0. The lowest BCUT2D eigenvalue weighted by atomic mass is 9.83. The lowest BCUT2D eigenvalue weighted by Gasteiger charge is -2.32. The van der Waals surface area contributed by atoms with Crippen LogP contribution in [-0.4, -0.2) is 28.1 Å². The van der Waals surface area contributed by atoms with E-state index < -0.39 is 34.2 Å². The molecule has 1 N–H and O–H groups in total. The molecule has 0 unspecified atom stereocenters. The van der Waals surface area contributed by atoms with Crippen LogP contribution in [0.15, 0.2) is 82.6 Å². The number of hydrogen-bond acceptors (Lipinski definition) is 7. The van der Waals surface area contributed by atoms with Gasteiger partial charge in [-0.2, -0.15) is 0 Å². The van der Waals surface area contributed by atoms with Gasteiger partial charge in [-0.3, -0.25) is 10.1 Å². The SMILES string of the molecule is CC[C@@](C(=O)Oc1c(C(C)C)cccc1C(C)C)([C@H](NC(=O)OC(C)(C)C)c1ccc(Sc2ccccc2)cc1)[N+](=O)[O-]. The van der Waals surface area contributed by atoms with Gasteiger partial charge in [0.2, 0.25) is 0 Å².